The molecule has 1 aromatic carbocycles. The lowest BCUT2D eigenvalue weighted by atomic mass is 10.2. The van der Waals surface area contributed by atoms with E-state index in [1.165, 1.54) is 18.5 Å². The van der Waals surface area contributed by atoms with Gasteiger partial charge in [0.1, 0.15) is 23.4 Å². The summed E-state index contributed by atoms with van der Waals surface area (Å²) in [6, 6.07) is 6.41. The van der Waals surface area contributed by atoms with Crippen molar-refractivity contribution >= 4 is 22.5 Å². The second kappa shape index (κ2) is 4.98. The number of ether oxygens (including phenoxy) is 1. The zero-order chi connectivity index (χ0) is 15.1. The number of anilines is 2. The molecule has 0 bridgehead atoms. The van der Waals surface area contributed by atoms with Crippen LogP contribution in [0.5, 0.6) is 5.75 Å². The van der Waals surface area contributed by atoms with Crippen molar-refractivity contribution in [3.8, 4) is 5.75 Å². The maximum absolute atomic E-state index is 13.5. The minimum Gasteiger partial charge on any atom is -0.488 e. The standard InChI is InChI=1S/C16H15FN4O/c1-21-7-6-13-15(21)16(19-9-18-13)20-12-5-2-10(17)8-14(12)22-11-3-4-11/h2,5-9,11H,3-4H2,1H3,(H,18,19,20). The molecule has 3 aromatic rings. The summed E-state index contributed by atoms with van der Waals surface area (Å²) < 4.78 is 21.2. The molecule has 0 saturated heterocycles. The fourth-order valence-electron chi connectivity index (χ4n) is 2.40. The van der Waals surface area contributed by atoms with Gasteiger partial charge in [0.2, 0.25) is 0 Å². The first kappa shape index (κ1) is 13.1. The monoisotopic (exact) mass is 298 g/mol. The minimum absolute atomic E-state index is 0.197. The molecule has 5 nitrogen and oxygen atoms in total. The lowest BCUT2D eigenvalue weighted by Gasteiger charge is -2.13. The molecule has 4 rings (SSSR count). The summed E-state index contributed by atoms with van der Waals surface area (Å²) in [5.74, 6) is 0.876. The van der Waals surface area contributed by atoms with Gasteiger partial charge in [-0.3, -0.25) is 0 Å². The zero-order valence-corrected chi connectivity index (χ0v) is 12.1. The SMILES string of the molecule is Cn1ccc2ncnc(Nc3ccc(F)cc3OC3CC3)c21. The van der Waals surface area contributed by atoms with E-state index >= 15 is 0 Å². The maximum Gasteiger partial charge on any atom is 0.158 e. The van der Waals surface area contributed by atoms with Gasteiger partial charge in [-0.1, -0.05) is 0 Å². The van der Waals surface area contributed by atoms with Crippen LogP contribution < -0.4 is 10.1 Å². The van der Waals surface area contributed by atoms with Crippen LogP contribution in [0, 0.1) is 5.82 Å². The van der Waals surface area contributed by atoms with Crippen LogP contribution in [0.1, 0.15) is 12.8 Å². The van der Waals surface area contributed by atoms with Crippen LogP contribution in [-0.2, 0) is 7.05 Å². The smallest absolute Gasteiger partial charge is 0.158 e. The van der Waals surface area contributed by atoms with Crippen molar-refractivity contribution in [2.24, 2.45) is 7.05 Å². The number of aryl methyl sites for hydroxylation is 1. The van der Waals surface area contributed by atoms with E-state index in [2.05, 4.69) is 15.3 Å². The van der Waals surface area contributed by atoms with Crippen molar-refractivity contribution in [3.05, 3.63) is 42.6 Å². The number of nitrogens with one attached hydrogen (secondary N) is 1. The molecule has 112 valence electrons. The first-order valence-electron chi connectivity index (χ1n) is 7.20. The van der Waals surface area contributed by atoms with Crippen LogP contribution in [0.3, 0.4) is 0 Å². The molecule has 2 aromatic heterocycles. The Morgan fingerprint density at radius 3 is 2.95 bits per heavy atom. The van der Waals surface area contributed by atoms with Gasteiger partial charge in [0.15, 0.2) is 5.82 Å². The average molecular weight is 298 g/mol. The summed E-state index contributed by atoms with van der Waals surface area (Å²) >= 11 is 0. The molecular weight excluding hydrogens is 283 g/mol. The molecule has 0 unspecified atom stereocenters. The van der Waals surface area contributed by atoms with Gasteiger partial charge in [0.05, 0.1) is 17.3 Å². The van der Waals surface area contributed by atoms with Gasteiger partial charge in [-0.25, -0.2) is 14.4 Å². The average Bonchev–Trinajstić information content (AvgIpc) is 3.24. The van der Waals surface area contributed by atoms with Crippen molar-refractivity contribution in [2.45, 2.75) is 18.9 Å². The highest BCUT2D eigenvalue weighted by Gasteiger charge is 2.25. The van der Waals surface area contributed by atoms with Crippen LogP contribution in [0.15, 0.2) is 36.8 Å². The lowest BCUT2D eigenvalue weighted by Crippen LogP contribution is -2.03. The van der Waals surface area contributed by atoms with Crippen molar-refractivity contribution in [3.63, 3.8) is 0 Å². The van der Waals surface area contributed by atoms with E-state index in [-0.39, 0.29) is 11.9 Å². The minimum atomic E-state index is -0.312. The molecule has 1 saturated carbocycles. The van der Waals surface area contributed by atoms with Crippen LogP contribution in [0.4, 0.5) is 15.9 Å². The molecule has 1 fully saturated rings. The van der Waals surface area contributed by atoms with Crippen LogP contribution in [0.25, 0.3) is 11.0 Å². The van der Waals surface area contributed by atoms with Crippen molar-refractivity contribution < 1.29 is 9.13 Å². The van der Waals surface area contributed by atoms with Crippen molar-refractivity contribution in [2.75, 3.05) is 5.32 Å². The summed E-state index contributed by atoms with van der Waals surface area (Å²) in [6.45, 7) is 0. The van der Waals surface area contributed by atoms with Crippen LogP contribution >= 0.6 is 0 Å². The molecule has 2 heterocycles. The Kier molecular flexibility index (Phi) is 2.96. The lowest BCUT2D eigenvalue weighted by molar-refractivity contribution is 0.303. The van der Waals surface area contributed by atoms with Gasteiger partial charge in [-0.15, -0.1) is 0 Å². The number of benzene rings is 1. The Hall–Kier alpha value is -2.63. The van der Waals surface area contributed by atoms with Crippen molar-refractivity contribution in [1.82, 2.24) is 14.5 Å². The largest absolute Gasteiger partial charge is 0.488 e. The molecule has 22 heavy (non-hydrogen) atoms. The van der Waals surface area contributed by atoms with E-state index < -0.39 is 0 Å². The molecule has 6 heteroatoms. The molecule has 1 N–H and O–H groups in total. The summed E-state index contributed by atoms with van der Waals surface area (Å²) in [5, 5.41) is 3.24. The van der Waals surface area contributed by atoms with Gasteiger partial charge in [0, 0.05) is 19.3 Å². The number of aromatic nitrogens is 3. The third-order valence-electron chi connectivity index (χ3n) is 3.67. The van der Waals surface area contributed by atoms with Gasteiger partial charge in [-0.2, -0.15) is 0 Å². The highest BCUT2D eigenvalue weighted by atomic mass is 19.1. The second-order valence-electron chi connectivity index (χ2n) is 5.47. The predicted molar refractivity (Wildman–Crippen MR) is 81.8 cm³/mol. The van der Waals surface area contributed by atoms with E-state index in [1.807, 2.05) is 23.9 Å². The number of rotatable bonds is 4. The highest BCUT2D eigenvalue weighted by molar-refractivity contribution is 5.88. The Morgan fingerprint density at radius 2 is 2.14 bits per heavy atom. The Bertz CT molecular complexity index is 841. The van der Waals surface area contributed by atoms with Gasteiger partial charge >= 0.3 is 0 Å². The van der Waals surface area contributed by atoms with Crippen LogP contribution in [-0.4, -0.2) is 20.6 Å². The summed E-state index contributed by atoms with van der Waals surface area (Å²) in [4.78, 5) is 8.54. The predicted octanol–water partition coefficient (Wildman–Crippen LogP) is 3.39. The van der Waals surface area contributed by atoms with E-state index in [9.17, 15) is 4.39 Å². The number of nitrogens with zero attached hydrogens (tertiary/aromatic N) is 3. The van der Waals surface area contributed by atoms with Crippen LogP contribution in [0.2, 0.25) is 0 Å². The Balaban J connectivity index is 1.74. The maximum atomic E-state index is 13.5. The van der Waals surface area contributed by atoms with Gasteiger partial charge < -0.3 is 14.6 Å². The van der Waals surface area contributed by atoms with E-state index in [0.717, 1.165) is 23.9 Å². The first-order chi connectivity index (χ1) is 10.7. The molecule has 0 spiro atoms. The number of halogens is 1. The summed E-state index contributed by atoms with van der Waals surface area (Å²) in [6.07, 6.45) is 5.67. The van der Waals surface area contributed by atoms with Crippen molar-refractivity contribution in [1.29, 1.82) is 0 Å². The first-order valence-corrected chi connectivity index (χ1v) is 7.20. The quantitative estimate of drug-likeness (QED) is 0.802. The Morgan fingerprint density at radius 1 is 1.27 bits per heavy atom. The van der Waals surface area contributed by atoms with E-state index in [4.69, 9.17) is 4.74 Å². The molecule has 1 aliphatic rings. The van der Waals surface area contributed by atoms with E-state index in [0.29, 0.717) is 17.3 Å². The molecular formula is C16H15FN4O. The second-order valence-corrected chi connectivity index (χ2v) is 5.47. The van der Waals surface area contributed by atoms with Gasteiger partial charge in [0.25, 0.3) is 0 Å². The summed E-state index contributed by atoms with van der Waals surface area (Å²) in [5.41, 5.74) is 2.45. The summed E-state index contributed by atoms with van der Waals surface area (Å²) in [7, 11) is 1.93. The third kappa shape index (κ3) is 2.36. The number of fused-ring (bicyclic) bond motifs is 1. The fraction of sp³-hybridized carbons (Fsp3) is 0.250. The number of hydrogen-bond donors (Lipinski definition) is 1. The topological polar surface area (TPSA) is 52.0 Å². The molecule has 0 aliphatic heterocycles. The molecule has 0 atom stereocenters. The molecule has 0 radical (unpaired) electrons. The van der Waals surface area contributed by atoms with E-state index in [1.54, 1.807) is 6.07 Å². The number of hydrogen-bond acceptors (Lipinski definition) is 4. The highest BCUT2D eigenvalue weighted by Crippen LogP contribution is 2.35. The molecule has 1 aliphatic carbocycles. The third-order valence-corrected chi connectivity index (χ3v) is 3.67. The Labute approximate surface area is 126 Å². The zero-order valence-electron chi connectivity index (χ0n) is 12.1. The fourth-order valence-corrected chi connectivity index (χ4v) is 2.40. The van der Waals surface area contributed by atoms with Gasteiger partial charge in [-0.05, 0) is 31.0 Å². The normalized spacial score (nSPS) is 14.3. The molecule has 0 amide bonds.